The molecule has 0 unspecified atom stereocenters. The third-order valence-electron chi connectivity index (χ3n) is 3.09. The zero-order valence-corrected chi connectivity index (χ0v) is 11.7. The van der Waals surface area contributed by atoms with Crippen LogP contribution in [0.1, 0.15) is 28.9 Å². The van der Waals surface area contributed by atoms with Gasteiger partial charge in [-0.3, -0.25) is 4.79 Å². The van der Waals surface area contributed by atoms with E-state index in [1.807, 2.05) is 12.1 Å². The normalized spacial score (nSPS) is 11.8. The Morgan fingerprint density at radius 2 is 1.67 bits per heavy atom. The molecule has 0 spiro atoms. The van der Waals surface area contributed by atoms with E-state index in [0.29, 0.717) is 5.75 Å². The third-order valence-corrected chi connectivity index (χ3v) is 3.09. The van der Waals surface area contributed by atoms with Crippen LogP contribution in [-0.2, 0) is 0 Å². The minimum Gasteiger partial charge on any atom is -0.497 e. The van der Waals surface area contributed by atoms with Crippen LogP contribution < -0.4 is 10.1 Å². The van der Waals surface area contributed by atoms with E-state index >= 15 is 0 Å². The second-order valence-corrected chi connectivity index (χ2v) is 4.63. The first-order chi connectivity index (χ1) is 9.99. The van der Waals surface area contributed by atoms with Crippen molar-refractivity contribution in [2.24, 2.45) is 0 Å². The number of methoxy groups -OCH3 is 1. The van der Waals surface area contributed by atoms with Gasteiger partial charge in [-0.25, -0.2) is 8.78 Å². The lowest BCUT2D eigenvalue weighted by molar-refractivity contribution is 0.0939. The SMILES string of the molecule is COc1ccc([C@@H](C)NC(=O)c2cc(F)cc(F)c2)cc1. The highest BCUT2D eigenvalue weighted by atomic mass is 19.1. The number of carbonyl (C=O) groups is 1. The van der Waals surface area contributed by atoms with Crippen LogP contribution in [0.25, 0.3) is 0 Å². The van der Waals surface area contributed by atoms with Crippen LogP contribution in [0.2, 0.25) is 0 Å². The van der Waals surface area contributed by atoms with Crippen molar-refractivity contribution in [3.05, 3.63) is 65.2 Å². The van der Waals surface area contributed by atoms with Crippen molar-refractivity contribution < 1.29 is 18.3 Å². The number of halogens is 2. The van der Waals surface area contributed by atoms with E-state index in [2.05, 4.69) is 5.32 Å². The zero-order valence-electron chi connectivity index (χ0n) is 11.7. The average Bonchev–Trinajstić information content (AvgIpc) is 2.46. The molecule has 0 aliphatic heterocycles. The van der Waals surface area contributed by atoms with Crippen molar-refractivity contribution in [3.8, 4) is 5.75 Å². The molecule has 0 saturated carbocycles. The first-order valence-electron chi connectivity index (χ1n) is 6.40. The molecular weight excluding hydrogens is 276 g/mol. The van der Waals surface area contributed by atoms with Crippen molar-refractivity contribution in [2.45, 2.75) is 13.0 Å². The molecule has 2 rings (SSSR count). The van der Waals surface area contributed by atoms with Gasteiger partial charge in [0.1, 0.15) is 17.4 Å². The van der Waals surface area contributed by atoms with Crippen molar-refractivity contribution in [1.29, 1.82) is 0 Å². The van der Waals surface area contributed by atoms with Crippen LogP contribution in [0.15, 0.2) is 42.5 Å². The molecule has 0 heterocycles. The summed E-state index contributed by atoms with van der Waals surface area (Å²) in [6, 6.07) is 9.61. The Morgan fingerprint density at radius 1 is 1.10 bits per heavy atom. The number of nitrogens with one attached hydrogen (secondary N) is 1. The Labute approximate surface area is 121 Å². The predicted octanol–water partition coefficient (Wildman–Crippen LogP) is 3.46. The molecule has 21 heavy (non-hydrogen) atoms. The molecule has 0 aliphatic rings. The Hall–Kier alpha value is -2.43. The quantitative estimate of drug-likeness (QED) is 0.936. The van der Waals surface area contributed by atoms with E-state index in [-0.39, 0.29) is 11.6 Å². The van der Waals surface area contributed by atoms with Gasteiger partial charge < -0.3 is 10.1 Å². The average molecular weight is 291 g/mol. The summed E-state index contributed by atoms with van der Waals surface area (Å²) < 4.78 is 31.3. The Balaban J connectivity index is 2.10. The van der Waals surface area contributed by atoms with E-state index in [1.54, 1.807) is 26.2 Å². The van der Waals surface area contributed by atoms with Gasteiger partial charge in [-0.1, -0.05) is 12.1 Å². The Bertz CT molecular complexity index is 621. The lowest BCUT2D eigenvalue weighted by Crippen LogP contribution is -2.26. The van der Waals surface area contributed by atoms with Crippen molar-refractivity contribution in [1.82, 2.24) is 5.32 Å². The Morgan fingerprint density at radius 3 is 2.19 bits per heavy atom. The van der Waals surface area contributed by atoms with E-state index in [0.717, 1.165) is 23.8 Å². The molecule has 0 aliphatic carbocycles. The summed E-state index contributed by atoms with van der Waals surface area (Å²) in [6.45, 7) is 1.79. The molecule has 2 aromatic carbocycles. The summed E-state index contributed by atoms with van der Waals surface area (Å²) >= 11 is 0. The van der Waals surface area contributed by atoms with Crippen LogP contribution in [-0.4, -0.2) is 13.0 Å². The lowest BCUT2D eigenvalue weighted by Gasteiger charge is -2.15. The number of carbonyl (C=O) groups excluding carboxylic acids is 1. The van der Waals surface area contributed by atoms with Crippen LogP contribution in [0.5, 0.6) is 5.75 Å². The number of amides is 1. The van der Waals surface area contributed by atoms with Gasteiger partial charge in [-0.2, -0.15) is 0 Å². The molecule has 0 bridgehead atoms. The fourth-order valence-electron chi connectivity index (χ4n) is 1.94. The largest absolute Gasteiger partial charge is 0.497 e. The number of hydrogen-bond donors (Lipinski definition) is 1. The van der Waals surface area contributed by atoms with E-state index < -0.39 is 17.5 Å². The monoisotopic (exact) mass is 291 g/mol. The van der Waals surface area contributed by atoms with Gasteiger partial charge >= 0.3 is 0 Å². The molecule has 3 nitrogen and oxygen atoms in total. The molecule has 1 atom stereocenters. The topological polar surface area (TPSA) is 38.3 Å². The van der Waals surface area contributed by atoms with Gasteiger partial charge in [0.25, 0.3) is 5.91 Å². The smallest absolute Gasteiger partial charge is 0.251 e. The zero-order chi connectivity index (χ0) is 15.4. The Kier molecular flexibility index (Phi) is 4.52. The summed E-state index contributed by atoms with van der Waals surface area (Å²) in [5.41, 5.74) is 0.814. The fraction of sp³-hybridized carbons (Fsp3) is 0.188. The van der Waals surface area contributed by atoms with Crippen LogP contribution in [0.4, 0.5) is 8.78 Å². The molecular formula is C16H15F2NO2. The number of rotatable bonds is 4. The first kappa shape index (κ1) is 15.0. The predicted molar refractivity (Wildman–Crippen MR) is 75.2 cm³/mol. The second kappa shape index (κ2) is 6.35. The highest BCUT2D eigenvalue weighted by Crippen LogP contribution is 2.18. The van der Waals surface area contributed by atoms with Gasteiger partial charge in [-0.15, -0.1) is 0 Å². The maximum Gasteiger partial charge on any atom is 0.251 e. The van der Waals surface area contributed by atoms with Crippen molar-refractivity contribution in [2.75, 3.05) is 7.11 Å². The number of hydrogen-bond acceptors (Lipinski definition) is 2. The van der Waals surface area contributed by atoms with Crippen LogP contribution in [0, 0.1) is 11.6 Å². The maximum absolute atomic E-state index is 13.1. The van der Waals surface area contributed by atoms with Crippen molar-refractivity contribution >= 4 is 5.91 Å². The molecule has 110 valence electrons. The molecule has 1 amide bonds. The molecule has 0 fully saturated rings. The lowest BCUT2D eigenvalue weighted by atomic mass is 10.1. The van der Waals surface area contributed by atoms with Gasteiger partial charge in [-0.05, 0) is 36.8 Å². The standard InChI is InChI=1S/C16H15F2NO2/c1-10(11-3-5-15(21-2)6-4-11)19-16(20)12-7-13(17)9-14(18)8-12/h3-10H,1-2H3,(H,19,20)/t10-/m1/s1. The first-order valence-corrected chi connectivity index (χ1v) is 6.40. The molecule has 5 heteroatoms. The number of ether oxygens (including phenoxy) is 1. The fourth-order valence-corrected chi connectivity index (χ4v) is 1.94. The van der Waals surface area contributed by atoms with Gasteiger partial charge in [0.05, 0.1) is 13.2 Å². The van der Waals surface area contributed by atoms with E-state index in [9.17, 15) is 13.6 Å². The maximum atomic E-state index is 13.1. The van der Waals surface area contributed by atoms with Crippen LogP contribution in [0.3, 0.4) is 0 Å². The number of benzene rings is 2. The summed E-state index contributed by atoms with van der Waals surface area (Å²) in [5, 5.41) is 2.69. The molecule has 1 N–H and O–H groups in total. The molecule has 0 aromatic heterocycles. The van der Waals surface area contributed by atoms with Crippen LogP contribution >= 0.6 is 0 Å². The highest BCUT2D eigenvalue weighted by molar-refractivity contribution is 5.94. The molecule has 2 aromatic rings. The summed E-state index contributed by atoms with van der Waals surface area (Å²) in [6.07, 6.45) is 0. The minimum atomic E-state index is -0.780. The van der Waals surface area contributed by atoms with E-state index in [1.165, 1.54) is 0 Å². The second-order valence-electron chi connectivity index (χ2n) is 4.63. The van der Waals surface area contributed by atoms with E-state index in [4.69, 9.17) is 4.74 Å². The van der Waals surface area contributed by atoms with Crippen molar-refractivity contribution in [3.63, 3.8) is 0 Å². The van der Waals surface area contributed by atoms with Gasteiger partial charge in [0.15, 0.2) is 0 Å². The summed E-state index contributed by atoms with van der Waals surface area (Å²) in [5.74, 6) is -1.38. The summed E-state index contributed by atoms with van der Waals surface area (Å²) in [4.78, 5) is 12.0. The van der Waals surface area contributed by atoms with Gasteiger partial charge in [0, 0.05) is 11.6 Å². The minimum absolute atomic E-state index is 0.0483. The molecule has 0 radical (unpaired) electrons. The molecule has 0 saturated heterocycles. The third kappa shape index (κ3) is 3.78. The summed E-state index contributed by atoms with van der Waals surface area (Å²) in [7, 11) is 1.57. The highest BCUT2D eigenvalue weighted by Gasteiger charge is 2.13. The van der Waals surface area contributed by atoms with Gasteiger partial charge in [0.2, 0.25) is 0 Å².